The molecule has 0 aliphatic carbocycles. The van der Waals surface area contributed by atoms with Crippen molar-refractivity contribution in [1.82, 2.24) is 10.2 Å². The van der Waals surface area contributed by atoms with E-state index in [0.717, 1.165) is 0 Å². The number of rotatable bonds is 2. The summed E-state index contributed by atoms with van der Waals surface area (Å²) in [5, 5.41) is 25.8. The summed E-state index contributed by atoms with van der Waals surface area (Å²) in [6.45, 7) is 5.42. The van der Waals surface area contributed by atoms with Gasteiger partial charge in [0.1, 0.15) is 5.54 Å². The minimum atomic E-state index is -1.35. The molecule has 2 fully saturated rings. The monoisotopic (exact) mass is 435 g/mol. The standard InChI is InChI=1S/C24H25N3O5/c1-23(2,3)27-20(30)18-15(10-12-8-9-16(28)17(29)11-12)26-24(19(18)21(27)31)13-6-4-5-7-14(13)25-22(24)32/h4-9,11,15,18-19,26,28-29H,10H2,1-3H3,(H,25,32). The average molecular weight is 435 g/mol. The number of hydrogen-bond acceptors (Lipinski definition) is 6. The van der Waals surface area contributed by atoms with E-state index >= 15 is 0 Å². The van der Waals surface area contributed by atoms with E-state index in [1.54, 1.807) is 32.9 Å². The Morgan fingerprint density at radius 1 is 1.00 bits per heavy atom. The Labute approximate surface area is 185 Å². The zero-order valence-electron chi connectivity index (χ0n) is 18.0. The smallest absolute Gasteiger partial charge is 0.250 e. The molecule has 0 radical (unpaired) electrons. The van der Waals surface area contributed by atoms with Crippen molar-refractivity contribution in [2.75, 3.05) is 5.32 Å². The largest absolute Gasteiger partial charge is 0.504 e. The summed E-state index contributed by atoms with van der Waals surface area (Å²) in [6.07, 6.45) is 0.295. The Kier molecular flexibility index (Phi) is 4.20. The number of carbonyl (C=O) groups excluding carboxylic acids is 3. The quantitative estimate of drug-likeness (QED) is 0.422. The van der Waals surface area contributed by atoms with Crippen molar-refractivity contribution in [3.8, 4) is 11.5 Å². The lowest BCUT2D eigenvalue weighted by Gasteiger charge is -2.34. The minimum Gasteiger partial charge on any atom is -0.504 e. The van der Waals surface area contributed by atoms with Crippen LogP contribution in [0.4, 0.5) is 5.69 Å². The summed E-state index contributed by atoms with van der Waals surface area (Å²) in [6, 6.07) is 11.2. The molecule has 3 amide bonds. The minimum absolute atomic E-state index is 0.238. The third-order valence-corrected chi connectivity index (χ3v) is 6.79. The fourth-order valence-electron chi connectivity index (χ4n) is 5.54. The first-order valence-electron chi connectivity index (χ1n) is 10.6. The number of imide groups is 1. The second kappa shape index (κ2) is 6.56. The van der Waals surface area contributed by atoms with Crippen molar-refractivity contribution in [1.29, 1.82) is 0 Å². The van der Waals surface area contributed by atoms with Crippen molar-refractivity contribution in [3.05, 3.63) is 53.6 Å². The van der Waals surface area contributed by atoms with Gasteiger partial charge < -0.3 is 15.5 Å². The lowest BCUT2D eigenvalue weighted by molar-refractivity contribution is -0.147. The maximum Gasteiger partial charge on any atom is 0.250 e. The molecule has 166 valence electrons. The van der Waals surface area contributed by atoms with E-state index < -0.39 is 29.0 Å². The van der Waals surface area contributed by atoms with Crippen molar-refractivity contribution in [2.45, 2.75) is 44.3 Å². The highest BCUT2D eigenvalue weighted by atomic mass is 16.3. The zero-order valence-corrected chi connectivity index (χ0v) is 18.0. The molecule has 2 aromatic rings. The van der Waals surface area contributed by atoms with Crippen molar-refractivity contribution < 1.29 is 24.6 Å². The Morgan fingerprint density at radius 3 is 2.41 bits per heavy atom. The van der Waals surface area contributed by atoms with Gasteiger partial charge in [0.05, 0.1) is 11.8 Å². The molecule has 1 spiro atoms. The summed E-state index contributed by atoms with van der Waals surface area (Å²) >= 11 is 0. The first-order valence-corrected chi connectivity index (χ1v) is 10.6. The number of aromatic hydroxyl groups is 2. The summed E-state index contributed by atoms with van der Waals surface area (Å²) in [5.41, 5.74) is -0.114. The van der Waals surface area contributed by atoms with Gasteiger partial charge in [-0.05, 0) is 51.0 Å². The normalized spacial score (nSPS) is 28.9. The molecule has 3 aliphatic rings. The van der Waals surface area contributed by atoms with Gasteiger partial charge in [0.2, 0.25) is 17.7 Å². The van der Waals surface area contributed by atoms with E-state index in [2.05, 4.69) is 10.6 Å². The van der Waals surface area contributed by atoms with Gasteiger partial charge in [0.25, 0.3) is 0 Å². The predicted molar refractivity (Wildman–Crippen MR) is 116 cm³/mol. The molecule has 32 heavy (non-hydrogen) atoms. The van der Waals surface area contributed by atoms with Crippen molar-refractivity contribution in [3.63, 3.8) is 0 Å². The molecule has 5 rings (SSSR count). The fourth-order valence-corrected chi connectivity index (χ4v) is 5.54. The molecule has 8 heteroatoms. The summed E-state index contributed by atoms with van der Waals surface area (Å²) in [4.78, 5) is 41.9. The highest BCUT2D eigenvalue weighted by Gasteiger charge is 2.71. The number of phenolic OH excluding ortho intramolecular Hbond substituents is 2. The highest BCUT2D eigenvalue weighted by Crippen LogP contribution is 2.54. The number of likely N-dealkylation sites (tertiary alicyclic amines) is 1. The molecule has 3 aliphatic heterocycles. The van der Waals surface area contributed by atoms with E-state index in [-0.39, 0.29) is 29.2 Å². The van der Waals surface area contributed by atoms with Crippen LogP contribution in [0.1, 0.15) is 31.9 Å². The number of nitrogens with zero attached hydrogens (tertiary/aromatic N) is 1. The van der Waals surface area contributed by atoms with Gasteiger partial charge in [0, 0.05) is 22.8 Å². The van der Waals surface area contributed by atoms with Crippen LogP contribution >= 0.6 is 0 Å². The first kappa shape index (κ1) is 20.5. The van der Waals surface area contributed by atoms with Crippen LogP contribution in [-0.2, 0) is 26.3 Å². The second-order valence-corrected chi connectivity index (χ2v) is 9.77. The maximum atomic E-state index is 13.7. The van der Waals surface area contributed by atoms with E-state index in [1.807, 2.05) is 18.2 Å². The van der Waals surface area contributed by atoms with Crippen LogP contribution in [0.3, 0.4) is 0 Å². The molecule has 8 nitrogen and oxygen atoms in total. The molecular weight excluding hydrogens is 410 g/mol. The topological polar surface area (TPSA) is 119 Å². The van der Waals surface area contributed by atoms with Crippen molar-refractivity contribution >= 4 is 23.4 Å². The Morgan fingerprint density at radius 2 is 1.72 bits per heavy atom. The number of fused-ring (bicyclic) bond motifs is 4. The van der Waals surface area contributed by atoms with Gasteiger partial charge >= 0.3 is 0 Å². The van der Waals surface area contributed by atoms with Gasteiger partial charge in [0.15, 0.2) is 11.5 Å². The van der Waals surface area contributed by atoms with Crippen LogP contribution in [0.5, 0.6) is 11.5 Å². The van der Waals surface area contributed by atoms with E-state index in [0.29, 0.717) is 23.2 Å². The highest BCUT2D eigenvalue weighted by molar-refractivity contribution is 6.15. The van der Waals surface area contributed by atoms with Crippen LogP contribution in [0, 0.1) is 11.8 Å². The molecule has 2 aromatic carbocycles. The Hall–Kier alpha value is -3.39. The van der Waals surface area contributed by atoms with Crippen molar-refractivity contribution in [2.24, 2.45) is 11.8 Å². The third kappa shape index (κ3) is 2.62. The molecule has 0 aromatic heterocycles. The van der Waals surface area contributed by atoms with Gasteiger partial charge in [-0.25, -0.2) is 0 Å². The van der Waals surface area contributed by atoms with E-state index in [4.69, 9.17) is 0 Å². The number of phenols is 2. The van der Waals surface area contributed by atoms with Gasteiger partial charge in [-0.15, -0.1) is 0 Å². The molecule has 0 bridgehead atoms. The number of amides is 3. The number of benzene rings is 2. The van der Waals surface area contributed by atoms with Crippen LogP contribution in [-0.4, -0.2) is 44.4 Å². The Bertz CT molecular complexity index is 1170. The number of nitrogens with one attached hydrogen (secondary N) is 2. The predicted octanol–water partition coefficient (Wildman–Crippen LogP) is 1.86. The number of anilines is 1. The molecule has 4 N–H and O–H groups in total. The molecule has 0 saturated carbocycles. The van der Waals surface area contributed by atoms with Crippen LogP contribution < -0.4 is 10.6 Å². The lowest BCUT2D eigenvalue weighted by Crippen LogP contribution is -2.56. The van der Waals surface area contributed by atoms with Gasteiger partial charge in [-0.3, -0.25) is 24.6 Å². The lowest BCUT2D eigenvalue weighted by atomic mass is 9.76. The molecule has 4 unspecified atom stereocenters. The van der Waals surface area contributed by atoms with E-state index in [1.165, 1.54) is 17.0 Å². The van der Waals surface area contributed by atoms with Crippen LogP contribution in [0.2, 0.25) is 0 Å². The first-order chi connectivity index (χ1) is 15.1. The number of hydrogen-bond donors (Lipinski definition) is 4. The van der Waals surface area contributed by atoms with Crippen LogP contribution in [0.25, 0.3) is 0 Å². The molecular formula is C24H25N3O5. The number of carbonyl (C=O) groups is 3. The SMILES string of the molecule is CC(C)(C)N1C(=O)C2C(Cc3ccc(O)c(O)c3)NC3(C(=O)Nc4ccccc43)C2C1=O. The summed E-state index contributed by atoms with van der Waals surface area (Å²) < 4.78 is 0. The second-order valence-electron chi connectivity index (χ2n) is 9.77. The Balaban J connectivity index is 1.64. The maximum absolute atomic E-state index is 13.7. The molecule has 2 saturated heterocycles. The molecule has 3 heterocycles. The van der Waals surface area contributed by atoms with Gasteiger partial charge in [-0.1, -0.05) is 24.3 Å². The van der Waals surface area contributed by atoms with E-state index in [9.17, 15) is 24.6 Å². The van der Waals surface area contributed by atoms with Gasteiger partial charge in [-0.2, -0.15) is 0 Å². The summed E-state index contributed by atoms with van der Waals surface area (Å²) in [7, 11) is 0. The summed E-state index contributed by atoms with van der Waals surface area (Å²) in [5.74, 6) is -3.13. The molecule has 4 atom stereocenters. The number of para-hydroxylation sites is 1. The fraction of sp³-hybridized carbons (Fsp3) is 0.375. The third-order valence-electron chi connectivity index (χ3n) is 6.79. The van der Waals surface area contributed by atoms with Crippen LogP contribution in [0.15, 0.2) is 42.5 Å². The average Bonchev–Trinajstić information content (AvgIpc) is 3.29. The zero-order chi connectivity index (χ0) is 23.0.